The monoisotopic (exact) mass is 394 g/mol. The molecule has 9 nitrogen and oxygen atoms in total. The van der Waals surface area contributed by atoms with Crippen molar-refractivity contribution < 1.29 is 14.7 Å². The second-order valence-corrected chi connectivity index (χ2v) is 14.3. The summed E-state index contributed by atoms with van der Waals surface area (Å²) in [4.78, 5) is 23.6. The Labute approximate surface area is 156 Å². The van der Waals surface area contributed by atoms with Crippen molar-refractivity contribution in [2.45, 2.75) is 44.5 Å². The molecule has 1 saturated heterocycles. The number of rotatable bonds is 6. The standard InChI is InChI=1S/C15H22N6O3SSi/c1-26(2,3)5-4-24-9-19-7-16-14(18-19)12-11-13(25-8-17-11)10-6-20(12)15(22)21(10)23/h7-8,10,12,23H,4-6,9H2,1-3H3/t10-,12+/m1/s1. The number of thiazole rings is 1. The predicted octanol–water partition coefficient (Wildman–Crippen LogP) is 2.32. The lowest BCUT2D eigenvalue weighted by Gasteiger charge is -2.27. The number of fused-ring (bicyclic) bond motifs is 4. The number of nitrogens with zero attached hydrogens (tertiary/aromatic N) is 6. The second kappa shape index (κ2) is 6.41. The fourth-order valence-electron chi connectivity index (χ4n) is 3.18. The van der Waals surface area contributed by atoms with Gasteiger partial charge in [0, 0.05) is 14.7 Å². The average molecular weight is 395 g/mol. The number of carbonyl (C=O) groups excluding carboxylic acids is 1. The van der Waals surface area contributed by atoms with E-state index in [1.54, 1.807) is 21.4 Å². The Balaban J connectivity index is 1.50. The van der Waals surface area contributed by atoms with Crippen molar-refractivity contribution in [3.05, 3.63) is 28.2 Å². The van der Waals surface area contributed by atoms with Crippen molar-refractivity contribution in [1.82, 2.24) is 29.7 Å². The minimum Gasteiger partial charge on any atom is -0.359 e. The van der Waals surface area contributed by atoms with E-state index in [9.17, 15) is 10.0 Å². The summed E-state index contributed by atoms with van der Waals surface area (Å²) in [5.74, 6) is 0.494. The van der Waals surface area contributed by atoms with E-state index in [0.29, 0.717) is 25.7 Å². The molecule has 1 N–H and O–H groups in total. The molecule has 2 atom stereocenters. The van der Waals surface area contributed by atoms with Crippen molar-refractivity contribution >= 4 is 25.4 Å². The van der Waals surface area contributed by atoms with E-state index in [0.717, 1.165) is 21.7 Å². The molecule has 0 radical (unpaired) electrons. The van der Waals surface area contributed by atoms with Crippen LogP contribution in [-0.4, -0.2) is 62.2 Å². The van der Waals surface area contributed by atoms with Crippen LogP contribution >= 0.6 is 11.3 Å². The topological polar surface area (TPSA) is 96.6 Å². The van der Waals surface area contributed by atoms with Gasteiger partial charge in [-0.25, -0.2) is 19.4 Å². The van der Waals surface area contributed by atoms with Gasteiger partial charge in [-0.1, -0.05) is 19.6 Å². The lowest BCUT2D eigenvalue weighted by atomic mass is 10.0. The van der Waals surface area contributed by atoms with Gasteiger partial charge in [0.25, 0.3) is 0 Å². The highest BCUT2D eigenvalue weighted by atomic mass is 32.1. The number of hydrogen-bond acceptors (Lipinski definition) is 7. The molecule has 2 aromatic rings. The van der Waals surface area contributed by atoms with E-state index in [4.69, 9.17) is 4.74 Å². The molecule has 26 heavy (non-hydrogen) atoms. The van der Waals surface area contributed by atoms with Crippen molar-refractivity contribution in [3.8, 4) is 0 Å². The quantitative estimate of drug-likeness (QED) is 0.459. The van der Waals surface area contributed by atoms with Crippen LogP contribution in [0.5, 0.6) is 0 Å². The first kappa shape index (κ1) is 17.6. The molecular weight excluding hydrogens is 372 g/mol. The van der Waals surface area contributed by atoms with Gasteiger partial charge in [-0.05, 0) is 6.04 Å². The van der Waals surface area contributed by atoms with Crippen molar-refractivity contribution in [2.75, 3.05) is 13.2 Å². The smallest absolute Gasteiger partial charge is 0.345 e. The highest BCUT2D eigenvalue weighted by molar-refractivity contribution is 7.09. The molecule has 4 heterocycles. The molecule has 1 fully saturated rings. The summed E-state index contributed by atoms with van der Waals surface area (Å²) in [7, 11) is -1.12. The van der Waals surface area contributed by atoms with Crippen LogP contribution in [0, 0.1) is 0 Å². The number of hydrogen-bond donors (Lipinski definition) is 1. The molecule has 2 aliphatic rings. The minimum absolute atomic E-state index is 0.330. The van der Waals surface area contributed by atoms with Crippen LogP contribution in [0.3, 0.4) is 0 Å². The van der Waals surface area contributed by atoms with Crippen LogP contribution < -0.4 is 0 Å². The summed E-state index contributed by atoms with van der Waals surface area (Å²) in [6.07, 6.45) is 1.61. The number of aromatic nitrogens is 4. The third-order valence-electron chi connectivity index (χ3n) is 4.62. The van der Waals surface area contributed by atoms with Crippen molar-refractivity contribution in [2.24, 2.45) is 0 Å². The molecule has 11 heteroatoms. The van der Waals surface area contributed by atoms with Crippen LogP contribution in [0.1, 0.15) is 28.5 Å². The fourth-order valence-corrected chi connectivity index (χ4v) is 4.83. The largest absolute Gasteiger partial charge is 0.359 e. The van der Waals surface area contributed by atoms with Crippen LogP contribution in [-0.2, 0) is 11.5 Å². The summed E-state index contributed by atoms with van der Waals surface area (Å²) in [6, 6.07) is -0.170. The zero-order chi connectivity index (χ0) is 18.5. The van der Waals surface area contributed by atoms with E-state index in [2.05, 4.69) is 34.7 Å². The van der Waals surface area contributed by atoms with Gasteiger partial charge in [-0.15, -0.1) is 11.3 Å². The molecule has 2 aromatic heterocycles. The zero-order valence-electron chi connectivity index (χ0n) is 15.0. The summed E-state index contributed by atoms with van der Waals surface area (Å²) in [5, 5.41) is 15.3. The lowest BCUT2D eigenvalue weighted by Crippen LogP contribution is -2.35. The molecule has 0 saturated carbocycles. The average Bonchev–Trinajstić information content (AvgIpc) is 3.28. The lowest BCUT2D eigenvalue weighted by molar-refractivity contribution is -0.0578. The zero-order valence-corrected chi connectivity index (χ0v) is 16.8. The number of ether oxygens (including phenoxy) is 1. The van der Waals surface area contributed by atoms with Crippen LogP contribution in [0.25, 0.3) is 0 Å². The highest BCUT2D eigenvalue weighted by Gasteiger charge is 2.50. The van der Waals surface area contributed by atoms with Gasteiger partial charge in [0.05, 0.1) is 22.6 Å². The van der Waals surface area contributed by atoms with Gasteiger partial charge >= 0.3 is 6.03 Å². The normalized spacial score (nSPS) is 22.2. The molecule has 2 aliphatic heterocycles. The Kier molecular flexibility index (Phi) is 4.33. The Morgan fingerprint density at radius 3 is 2.96 bits per heavy atom. The number of urea groups is 1. The molecule has 4 rings (SSSR count). The number of amides is 2. The van der Waals surface area contributed by atoms with Crippen LogP contribution in [0.4, 0.5) is 4.79 Å². The number of hydroxylamine groups is 2. The fraction of sp³-hybridized carbons (Fsp3) is 0.600. The number of carbonyl (C=O) groups is 1. The van der Waals surface area contributed by atoms with Crippen LogP contribution in [0.15, 0.2) is 11.8 Å². The molecule has 0 aliphatic carbocycles. The molecule has 0 aromatic carbocycles. The first-order valence-corrected chi connectivity index (χ1v) is 13.1. The summed E-state index contributed by atoms with van der Waals surface area (Å²) >= 11 is 1.44. The van der Waals surface area contributed by atoms with Crippen LogP contribution in [0.2, 0.25) is 25.7 Å². The predicted molar refractivity (Wildman–Crippen MR) is 96.6 cm³/mol. The highest BCUT2D eigenvalue weighted by Crippen LogP contribution is 2.45. The van der Waals surface area contributed by atoms with Gasteiger partial charge in [-0.3, -0.25) is 5.21 Å². The second-order valence-electron chi connectivity index (χ2n) is 7.79. The maximum atomic E-state index is 12.3. The van der Waals surface area contributed by atoms with E-state index >= 15 is 0 Å². The Morgan fingerprint density at radius 1 is 1.38 bits per heavy atom. The molecular formula is C15H22N6O3SSi. The maximum absolute atomic E-state index is 12.3. The first-order valence-electron chi connectivity index (χ1n) is 8.54. The summed E-state index contributed by atoms with van der Waals surface area (Å²) < 4.78 is 7.34. The molecule has 2 bridgehead atoms. The third kappa shape index (κ3) is 3.04. The van der Waals surface area contributed by atoms with E-state index in [1.165, 1.54) is 11.3 Å². The Bertz CT molecular complexity index is 818. The van der Waals surface area contributed by atoms with E-state index in [-0.39, 0.29) is 6.04 Å². The van der Waals surface area contributed by atoms with Gasteiger partial charge in [0.1, 0.15) is 25.1 Å². The molecule has 2 amide bonds. The Morgan fingerprint density at radius 2 is 2.19 bits per heavy atom. The van der Waals surface area contributed by atoms with Crippen molar-refractivity contribution in [1.29, 1.82) is 0 Å². The van der Waals surface area contributed by atoms with Gasteiger partial charge in [0.15, 0.2) is 5.82 Å². The third-order valence-corrected chi connectivity index (χ3v) is 7.27. The first-order chi connectivity index (χ1) is 12.3. The van der Waals surface area contributed by atoms with E-state index < -0.39 is 20.1 Å². The summed E-state index contributed by atoms with van der Waals surface area (Å²) in [5.41, 5.74) is 2.47. The van der Waals surface area contributed by atoms with Gasteiger partial charge < -0.3 is 9.64 Å². The molecule has 0 spiro atoms. The molecule has 140 valence electrons. The maximum Gasteiger partial charge on any atom is 0.345 e. The summed E-state index contributed by atoms with van der Waals surface area (Å²) in [6.45, 7) is 8.37. The SMILES string of the molecule is C[Si](C)(C)CCOCn1cnc([C@@H]2c3ncsc3[C@H]3CN2C(=O)N3O)n1. The molecule has 0 unspecified atom stereocenters. The van der Waals surface area contributed by atoms with Crippen molar-refractivity contribution in [3.63, 3.8) is 0 Å². The van der Waals surface area contributed by atoms with Gasteiger partial charge in [0.2, 0.25) is 0 Å². The van der Waals surface area contributed by atoms with E-state index in [1.807, 2.05) is 0 Å². The minimum atomic E-state index is -1.12. The van der Waals surface area contributed by atoms with Gasteiger partial charge in [-0.2, -0.15) is 10.2 Å². The Hall–Kier alpha value is -1.82.